The first-order valence-corrected chi connectivity index (χ1v) is 7.08. The molecule has 0 aliphatic carbocycles. The van der Waals surface area contributed by atoms with Crippen molar-refractivity contribution in [3.8, 4) is 0 Å². The first kappa shape index (κ1) is 17.7. The molecule has 0 radical (unpaired) electrons. The third-order valence-electron chi connectivity index (χ3n) is 3.23. The van der Waals surface area contributed by atoms with Crippen molar-refractivity contribution in [2.45, 2.75) is 46.0 Å². The summed E-state index contributed by atoms with van der Waals surface area (Å²) >= 11 is 0. The highest BCUT2D eigenvalue weighted by Gasteiger charge is 2.11. The van der Waals surface area contributed by atoms with Crippen molar-refractivity contribution < 1.29 is 14.3 Å². The quantitative estimate of drug-likeness (QED) is 0.452. The molecule has 0 aliphatic rings. The maximum Gasteiger partial charge on any atom is 0.307 e. The highest BCUT2D eigenvalue weighted by atomic mass is 16.5. The molecule has 1 atom stereocenters. The zero-order chi connectivity index (χ0) is 14.7. The van der Waals surface area contributed by atoms with Gasteiger partial charge in [-0.25, -0.2) is 0 Å². The molecule has 0 aliphatic heterocycles. The molecule has 0 rings (SSSR count). The van der Waals surface area contributed by atoms with E-state index in [9.17, 15) is 9.59 Å². The molecule has 4 nitrogen and oxygen atoms in total. The summed E-state index contributed by atoms with van der Waals surface area (Å²) in [5, 5.41) is 0. The molecule has 0 saturated heterocycles. The predicted molar refractivity (Wildman–Crippen MR) is 76.7 cm³/mol. The maximum atomic E-state index is 11.6. The Morgan fingerprint density at radius 2 is 2.05 bits per heavy atom. The van der Waals surface area contributed by atoms with Gasteiger partial charge < -0.3 is 9.64 Å². The Kier molecular flexibility index (Phi) is 9.85. The van der Waals surface area contributed by atoms with Gasteiger partial charge in [-0.15, -0.1) is 0 Å². The van der Waals surface area contributed by atoms with Gasteiger partial charge in [-0.3, -0.25) is 9.59 Å². The van der Waals surface area contributed by atoms with E-state index in [2.05, 4.69) is 20.4 Å². The number of carbonyl (C=O) groups excluding carboxylic acids is 2. The molecule has 0 aromatic carbocycles. The van der Waals surface area contributed by atoms with Crippen molar-refractivity contribution >= 4 is 11.9 Å². The number of likely N-dealkylation sites (N-methyl/N-ethyl adjacent to an activating group) is 1. The van der Waals surface area contributed by atoms with E-state index in [1.165, 1.54) is 23.8 Å². The van der Waals surface area contributed by atoms with Crippen LogP contribution < -0.4 is 0 Å². The Morgan fingerprint density at radius 1 is 1.37 bits per heavy atom. The molecule has 4 heteroatoms. The predicted octanol–water partition coefficient (Wildman–Crippen LogP) is 2.78. The summed E-state index contributed by atoms with van der Waals surface area (Å²) in [7, 11) is 1.65. The number of hydrogen-bond acceptors (Lipinski definition) is 3. The first-order chi connectivity index (χ1) is 9.04. The molecule has 0 spiro atoms. The second-order valence-electron chi connectivity index (χ2n) is 4.81. The van der Waals surface area contributed by atoms with Crippen LogP contribution in [-0.4, -0.2) is 37.0 Å². The lowest BCUT2D eigenvalue weighted by atomic mass is 10.0. The molecular formula is C15H27NO3. The van der Waals surface area contributed by atoms with Crippen LogP contribution >= 0.6 is 0 Å². The molecule has 1 amide bonds. The molecule has 1 unspecified atom stereocenters. The number of carbonyl (C=O) groups is 2. The number of rotatable bonds is 10. The normalized spacial score (nSPS) is 11.7. The van der Waals surface area contributed by atoms with Crippen LogP contribution in [0.4, 0.5) is 0 Å². The minimum Gasteiger partial charge on any atom is -0.465 e. The average Bonchev–Trinajstić information content (AvgIpc) is 2.43. The van der Waals surface area contributed by atoms with Crippen molar-refractivity contribution in [1.29, 1.82) is 0 Å². The second-order valence-corrected chi connectivity index (χ2v) is 4.81. The summed E-state index contributed by atoms with van der Waals surface area (Å²) < 4.78 is 5.25. The smallest absolute Gasteiger partial charge is 0.307 e. The Labute approximate surface area is 116 Å². The Hall–Kier alpha value is -1.32. The molecule has 0 aromatic rings. The number of unbranched alkanes of at least 4 members (excludes halogenated alkanes) is 1. The summed E-state index contributed by atoms with van der Waals surface area (Å²) in [6, 6.07) is 0. The average molecular weight is 269 g/mol. The lowest BCUT2D eigenvalue weighted by Crippen LogP contribution is -2.28. The van der Waals surface area contributed by atoms with Gasteiger partial charge in [0.15, 0.2) is 0 Å². The maximum absolute atomic E-state index is 11.6. The van der Waals surface area contributed by atoms with E-state index in [1.807, 2.05) is 0 Å². The van der Waals surface area contributed by atoms with Gasteiger partial charge in [0.25, 0.3) is 0 Å². The van der Waals surface area contributed by atoms with Crippen LogP contribution in [0.1, 0.15) is 46.0 Å². The van der Waals surface area contributed by atoms with Gasteiger partial charge in [0.1, 0.15) is 0 Å². The van der Waals surface area contributed by atoms with Crippen LogP contribution in [0.5, 0.6) is 0 Å². The van der Waals surface area contributed by atoms with Crippen LogP contribution in [0.15, 0.2) is 12.7 Å². The minimum atomic E-state index is -0.237. The monoisotopic (exact) mass is 269 g/mol. The highest BCUT2D eigenvalue weighted by Crippen LogP contribution is 2.13. The zero-order valence-corrected chi connectivity index (χ0v) is 12.5. The molecule has 0 N–H and O–H groups in total. The van der Waals surface area contributed by atoms with E-state index in [0.29, 0.717) is 19.1 Å². The fourth-order valence-corrected chi connectivity index (χ4v) is 1.71. The van der Waals surface area contributed by atoms with E-state index >= 15 is 0 Å². The van der Waals surface area contributed by atoms with Crippen LogP contribution in [-0.2, 0) is 14.3 Å². The standard InChI is InChI=1S/C15H27NO3/c1-5-8-9-13(6-2)12-19-15(18)10-11-16(4)14(17)7-3/h7,13H,3,5-6,8-12H2,1-2,4H3. The molecule has 19 heavy (non-hydrogen) atoms. The second kappa shape index (κ2) is 10.6. The zero-order valence-electron chi connectivity index (χ0n) is 12.5. The Bertz CT molecular complexity index is 289. The first-order valence-electron chi connectivity index (χ1n) is 7.08. The van der Waals surface area contributed by atoms with Crippen molar-refractivity contribution in [2.24, 2.45) is 5.92 Å². The van der Waals surface area contributed by atoms with Gasteiger partial charge in [-0.05, 0) is 18.4 Å². The van der Waals surface area contributed by atoms with E-state index in [1.54, 1.807) is 7.05 Å². The van der Waals surface area contributed by atoms with Crippen LogP contribution in [0.25, 0.3) is 0 Å². The van der Waals surface area contributed by atoms with E-state index in [-0.39, 0.29) is 18.3 Å². The number of ether oxygens (including phenoxy) is 1. The van der Waals surface area contributed by atoms with Gasteiger partial charge in [0, 0.05) is 13.6 Å². The van der Waals surface area contributed by atoms with Gasteiger partial charge in [0.2, 0.25) is 5.91 Å². The Balaban J connectivity index is 3.85. The molecule has 110 valence electrons. The topological polar surface area (TPSA) is 46.6 Å². The largest absolute Gasteiger partial charge is 0.465 e. The van der Waals surface area contributed by atoms with Gasteiger partial charge >= 0.3 is 5.97 Å². The fourth-order valence-electron chi connectivity index (χ4n) is 1.71. The lowest BCUT2D eigenvalue weighted by molar-refractivity contribution is -0.145. The third-order valence-corrected chi connectivity index (χ3v) is 3.23. The van der Waals surface area contributed by atoms with E-state index < -0.39 is 0 Å². The third kappa shape index (κ3) is 8.41. The van der Waals surface area contributed by atoms with Crippen LogP contribution in [0, 0.1) is 5.92 Å². The molecular weight excluding hydrogens is 242 g/mol. The minimum absolute atomic E-state index is 0.179. The van der Waals surface area contributed by atoms with Crippen molar-refractivity contribution in [1.82, 2.24) is 4.90 Å². The summed E-state index contributed by atoms with van der Waals surface area (Å²) in [6.07, 6.45) is 5.95. The molecule has 0 saturated carbocycles. The van der Waals surface area contributed by atoms with Crippen molar-refractivity contribution in [3.05, 3.63) is 12.7 Å². The fraction of sp³-hybridized carbons (Fsp3) is 0.733. The summed E-state index contributed by atoms with van der Waals surface area (Å²) in [5.74, 6) is 0.0391. The van der Waals surface area contributed by atoms with E-state index in [0.717, 1.165) is 12.8 Å². The number of nitrogens with zero attached hydrogens (tertiary/aromatic N) is 1. The van der Waals surface area contributed by atoms with Crippen molar-refractivity contribution in [2.75, 3.05) is 20.2 Å². The van der Waals surface area contributed by atoms with Crippen LogP contribution in [0.3, 0.4) is 0 Å². The molecule has 0 aromatic heterocycles. The SMILES string of the molecule is C=CC(=O)N(C)CCC(=O)OCC(CC)CCCC. The highest BCUT2D eigenvalue weighted by molar-refractivity contribution is 5.87. The summed E-state index contributed by atoms with van der Waals surface area (Å²) in [5.41, 5.74) is 0. The number of hydrogen-bond donors (Lipinski definition) is 0. The van der Waals surface area contributed by atoms with Gasteiger partial charge in [0.05, 0.1) is 13.0 Å². The molecule has 0 bridgehead atoms. The number of esters is 1. The summed E-state index contributed by atoms with van der Waals surface area (Å²) in [4.78, 5) is 24.2. The molecule has 0 fully saturated rings. The molecule has 0 heterocycles. The van der Waals surface area contributed by atoms with Crippen LogP contribution in [0.2, 0.25) is 0 Å². The van der Waals surface area contributed by atoms with Gasteiger partial charge in [-0.1, -0.05) is 39.7 Å². The lowest BCUT2D eigenvalue weighted by Gasteiger charge is -2.16. The van der Waals surface area contributed by atoms with E-state index in [4.69, 9.17) is 4.74 Å². The summed E-state index contributed by atoms with van der Waals surface area (Å²) in [6.45, 7) is 8.54. The van der Waals surface area contributed by atoms with Gasteiger partial charge in [-0.2, -0.15) is 0 Å². The number of amides is 1. The van der Waals surface area contributed by atoms with Crippen molar-refractivity contribution in [3.63, 3.8) is 0 Å². The Morgan fingerprint density at radius 3 is 2.58 bits per heavy atom.